The minimum Gasteiger partial charge on any atom is -0.494 e. The fourth-order valence-corrected chi connectivity index (χ4v) is 3.36. The van der Waals surface area contributed by atoms with E-state index in [1.165, 1.54) is 7.11 Å². The highest BCUT2D eigenvalue weighted by Gasteiger charge is 2.25. The standard InChI is InChI=1S/C16H25N3O4S.ClH/c1-4-24(21,22)19-14-6-5-13(10-15(14)23-3)18-16(20)12-7-8-17-11(2)9-12;/h5-6,10-12,17,19H,4,7-9H2,1-3H3,(H,18,20);1H/t11-,12-;/m0./s1. The van der Waals surface area contributed by atoms with Gasteiger partial charge in [0.15, 0.2) is 0 Å². The van der Waals surface area contributed by atoms with Crippen LogP contribution in [0.5, 0.6) is 5.75 Å². The molecule has 1 heterocycles. The SMILES string of the molecule is CCS(=O)(=O)Nc1ccc(NC(=O)[C@H]2CCN[C@@H](C)C2)cc1OC.Cl. The van der Waals surface area contributed by atoms with Crippen molar-refractivity contribution >= 4 is 39.7 Å². The number of hydrogen-bond acceptors (Lipinski definition) is 5. The highest BCUT2D eigenvalue weighted by Crippen LogP contribution is 2.29. The molecule has 1 amide bonds. The minimum absolute atomic E-state index is 0. The van der Waals surface area contributed by atoms with Crippen molar-refractivity contribution in [2.24, 2.45) is 5.92 Å². The molecule has 0 aromatic heterocycles. The lowest BCUT2D eigenvalue weighted by Gasteiger charge is -2.27. The molecule has 0 unspecified atom stereocenters. The number of carbonyl (C=O) groups excluding carboxylic acids is 1. The molecule has 2 rings (SSSR count). The normalized spacial score (nSPS) is 20.3. The van der Waals surface area contributed by atoms with Crippen molar-refractivity contribution in [2.75, 3.05) is 29.4 Å². The van der Waals surface area contributed by atoms with Gasteiger partial charge >= 0.3 is 0 Å². The zero-order chi connectivity index (χ0) is 17.7. The summed E-state index contributed by atoms with van der Waals surface area (Å²) in [7, 11) is -1.93. The van der Waals surface area contributed by atoms with Gasteiger partial charge in [0.2, 0.25) is 15.9 Å². The molecule has 142 valence electrons. The van der Waals surface area contributed by atoms with E-state index in [-0.39, 0.29) is 30.0 Å². The molecule has 0 radical (unpaired) electrons. The van der Waals surface area contributed by atoms with E-state index in [1.807, 2.05) is 0 Å². The van der Waals surface area contributed by atoms with Crippen LogP contribution < -0.4 is 20.1 Å². The third-order valence-electron chi connectivity index (χ3n) is 4.11. The Morgan fingerprint density at radius 3 is 2.72 bits per heavy atom. The van der Waals surface area contributed by atoms with Crippen molar-refractivity contribution in [1.29, 1.82) is 0 Å². The lowest BCUT2D eigenvalue weighted by Crippen LogP contribution is -2.40. The van der Waals surface area contributed by atoms with Crippen molar-refractivity contribution in [3.8, 4) is 5.75 Å². The Bertz CT molecular complexity index is 697. The number of nitrogens with one attached hydrogen (secondary N) is 3. The summed E-state index contributed by atoms with van der Waals surface area (Å²) in [5.74, 6) is 0.295. The summed E-state index contributed by atoms with van der Waals surface area (Å²) in [4.78, 5) is 12.4. The average Bonchev–Trinajstić information content (AvgIpc) is 2.56. The monoisotopic (exact) mass is 391 g/mol. The smallest absolute Gasteiger partial charge is 0.232 e. The largest absolute Gasteiger partial charge is 0.494 e. The van der Waals surface area contributed by atoms with E-state index >= 15 is 0 Å². The zero-order valence-electron chi connectivity index (χ0n) is 14.7. The highest BCUT2D eigenvalue weighted by molar-refractivity contribution is 7.92. The Hall–Kier alpha value is -1.51. The van der Waals surface area contributed by atoms with Crippen LogP contribution in [0.4, 0.5) is 11.4 Å². The molecule has 7 nitrogen and oxygen atoms in total. The van der Waals surface area contributed by atoms with Gasteiger partial charge in [-0.15, -0.1) is 12.4 Å². The Kier molecular flexibility index (Phi) is 7.98. The predicted molar refractivity (Wildman–Crippen MR) is 102 cm³/mol. The second-order valence-corrected chi connectivity index (χ2v) is 8.00. The third kappa shape index (κ3) is 6.05. The van der Waals surface area contributed by atoms with E-state index in [0.29, 0.717) is 23.2 Å². The topological polar surface area (TPSA) is 96.5 Å². The summed E-state index contributed by atoms with van der Waals surface area (Å²) < 4.78 is 31.1. The fraction of sp³-hybridized carbons (Fsp3) is 0.562. The number of halogens is 1. The van der Waals surface area contributed by atoms with Gasteiger partial charge < -0.3 is 15.4 Å². The molecule has 1 aliphatic rings. The minimum atomic E-state index is -3.39. The van der Waals surface area contributed by atoms with Gasteiger partial charge in [-0.2, -0.15) is 0 Å². The van der Waals surface area contributed by atoms with Gasteiger partial charge in [-0.05, 0) is 45.4 Å². The lowest BCUT2D eigenvalue weighted by molar-refractivity contribution is -0.120. The summed E-state index contributed by atoms with van der Waals surface area (Å²) in [5.41, 5.74) is 0.940. The fourth-order valence-electron chi connectivity index (χ4n) is 2.71. The van der Waals surface area contributed by atoms with Crippen molar-refractivity contribution in [3.63, 3.8) is 0 Å². The number of hydrogen-bond donors (Lipinski definition) is 3. The number of rotatable bonds is 6. The van der Waals surface area contributed by atoms with E-state index in [0.717, 1.165) is 19.4 Å². The van der Waals surface area contributed by atoms with Crippen LogP contribution >= 0.6 is 12.4 Å². The van der Waals surface area contributed by atoms with Gasteiger partial charge in [-0.1, -0.05) is 0 Å². The molecular formula is C16H26ClN3O4S. The Morgan fingerprint density at radius 1 is 1.40 bits per heavy atom. The van der Waals surface area contributed by atoms with E-state index < -0.39 is 10.0 Å². The van der Waals surface area contributed by atoms with Crippen LogP contribution in [0.2, 0.25) is 0 Å². The number of methoxy groups -OCH3 is 1. The summed E-state index contributed by atoms with van der Waals surface area (Å²) in [6, 6.07) is 5.20. The number of piperidine rings is 1. The molecule has 1 aromatic carbocycles. The summed E-state index contributed by atoms with van der Waals surface area (Å²) in [5, 5.41) is 6.21. The van der Waals surface area contributed by atoms with Crippen LogP contribution in [-0.2, 0) is 14.8 Å². The van der Waals surface area contributed by atoms with Gasteiger partial charge in [0.05, 0.1) is 18.6 Å². The number of anilines is 2. The number of benzene rings is 1. The molecule has 1 aromatic rings. The molecule has 1 saturated heterocycles. The third-order valence-corrected chi connectivity index (χ3v) is 5.40. The van der Waals surface area contributed by atoms with E-state index in [1.54, 1.807) is 25.1 Å². The van der Waals surface area contributed by atoms with E-state index in [2.05, 4.69) is 22.3 Å². The Balaban J connectivity index is 0.00000312. The maximum atomic E-state index is 12.4. The maximum Gasteiger partial charge on any atom is 0.232 e. The van der Waals surface area contributed by atoms with Crippen LogP contribution in [0.25, 0.3) is 0 Å². The molecular weight excluding hydrogens is 366 g/mol. The molecule has 25 heavy (non-hydrogen) atoms. The zero-order valence-corrected chi connectivity index (χ0v) is 16.3. The maximum absolute atomic E-state index is 12.4. The van der Waals surface area contributed by atoms with Crippen LogP contribution in [0.3, 0.4) is 0 Å². The first-order valence-corrected chi connectivity index (χ1v) is 9.72. The lowest BCUT2D eigenvalue weighted by atomic mass is 9.92. The molecule has 2 atom stereocenters. The number of carbonyl (C=O) groups is 1. The molecule has 0 bridgehead atoms. The van der Waals surface area contributed by atoms with Gasteiger partial charge in [0.25, 0.3) is 0 Å². The van der Waals surface area contributed by atoms with Crippen LogP contribution in [0.15, 0.2) is 18.2 Å². The number of sulfonamides is 1. The van der Waals surface area contributed by atoms with Crippen LogP contribution in [0.1, 0.15) is 26.7 Å². The number of ether oxygens (including phenoxy) is 1. The first kappa shape index (κ1) is 21.5. The van der Waals surface area contributed by atoms with Gasteiger partial charge in [-0.25, -0.2) is 8.42 Å². The molecule has 1 aliphatic heterocycles. The molecule has 3 N–H and O–H groups in total. The van der Waals surface area contributed by atoms with Gasteiger partial charge in [0, 0.05) is 23.7 Å². The summed E-state index contributed by atoms with van der Waals surface area (Å²) in [6.45, 7) is 4.46. The quantitative estimate of drug-likeness (QED) is 0.690. The summed E-state index contributed by atoms with van der Waals surface area (Å²) >= 11 is 0. The number of amides is 1. The van der Waals surface area contributed by atoms with Crippen LogP contribution in [0, 0.1) is 5.92 Å². The van der Waals surface area contributed by atoms with Crippen molar-refractivity contribution in [1.82, 2.24) is 5.32 Å². The summed E-state index contributed by atoms with van der Waals surface area (Å²) in [6.07, 6.45) is 1.61. The van der Waals surface area contributed by atoms with Crippen LogP contribution in [-0.4, -0.2) is 39.8 Å². The first-order valence-electron chi connectivity index (χ1n) is 8.07. The Labute approximate surface area is 155 Å². The highest BCUT2D eigenvalue weighted by atomic mass is 35.5. The van der Waals surface area contributed by atoms with Gasteiger partial charge in [0.1, 0.15) is 5.75 Å². The van der Waals surface area contributed by atoms with Crippen molar-refractivity contribution < 1.29 is 17.9 Å². The van der Waals surface area contributed by atoms with E-state index in [4.69, 9.17) is 4.74 Å². The molecule has 0 aliphatic carbocycles. The molecule has 0 saturated carbocycles. The van der Waals surface area contributed by atoms with E-state index in [9.17, 15) is 13.2 Å². The van der Waals surface area contributed by atoms with Crippen molar-refractivity contribution in [3.05, 3.63) is 18.2 Å². The second kappa shape index (κ2) is 9.26. The molecule has 1 fully saturated rings. The molecule has 0 spiro atoms. The second-order valence-electron chi connectivity index (χ2n) is 5.99. The van der Waals surface area contributed by atoms with Gasteiger partial charge in [-0.3, -0.25) is 9.52 Å². The van der Waals surface area contributed by atoms with Crippen molar-refractivity contribution in [2.45, 2.75) is 32.7 Å². The molecule has 9 heteroatoms. The average molecular weight is 392 g/mol. The predicted octanol–water partition coefficient (Wildman–Crippen LogP) is 2.21. The first-order chi connectivity index (χ1) is 11.3. The Morgan fingerprint density at radius 2 is 2.12 bits per heavy atom.